The van der Waals surface area contributed by atoms with Crippen LogP contribution >= 0.6 is 0 Å². The fourth-order valence-electron chi connectivity index (χ4n) is 3.14. The van der Waals surface area contributed by atoms with Gasteiger partial charge in [-0.05, 0) is 30.5 Å². The van der Waals surface area contributed by atoms with Crippen LogP contribution in [-0.2, 0) is 6.18 Å². The second-order valence-corrected chi connectivity index (χ2v) is 7.61. The molecule has 164 valence electrons. The van der Waals surface area contributed by atoms with E-state index in [0.29, 0.717) is 17.2 Å². The topological polar surface area (TPSA) is 70.1 Å². The molecule has 0 radical (unpaired) electrons. The van der Waals surface area contributed by atoms with Crippen molar-refractivity contribution in [2.45, 2.75) is 33.0 Å². The first-order chi connectivity index (χ1) is 14.7. The van der Waals surface area contributed by atoms with Crippen molar-refractivity contribution in [2.24, 2.45) is 5.92 Å². The fraction of sp³-hybridized carbons (Fsp3) is 0.304. The first-order valence-electron chi connectivity index (χ1n) is 9.94. The molecule has 8 heteroatoms. The number of rotatable bonds is 7. The normalized spacial score (nSPS) is 12.6. The van der Waals surface area contributed by atoms with Crippen molar-refractivity contribution in [3.05, 3.63) is 65.7 Å². The number of aliphatic hydroxyl groups excluding tert-OH is 1. The van der Waals surface area contributed by atoms with Crippen molar-refractivity contribution in [3.8, 4) is 11.3 Å². The minimum atomic E-state index is -4.44. The number of hydrogen-bond acceptors (Lipinski definition) is 5. The second kappa shape index (κ2) is 9.34. The van der Waals surface area contributed by atoms with Crippen LogP contribution in [0.2, 0.25) is 0 Å². The van der Waals surface area contributed by atoms with Crippen LogP contribution in [0.25, 0.3) is 11.3 Å². The van der Waals surface area contributed by atoms with E-state index in [2.05, 4.69) is 20.6 Å². The van der Waals surface area contributed by atoms with Crippen LogP contribution in [0.15, 0.2) is 54.6 Å². The van der Waals surface area contributed by atoms with Gasteiger partial charge in [-0.1, -0.05) is 50.2 Å². The third-order valence-corrected chi connectivity index (χ3v) is 5.01. The Kier molecular flexibility index (Phi) is 6.80. The van der Waals surface area contributed by atoms with Gasteiger partial charge in [-0.15, -0.1) is 0 Å². The maximum atomic E-state index is 13.3. The van der Waals surface area contributed by atoms with Gasteiger partial charge in [-0.25, -0.2) is 4.98 Å². The molecule has 0 spiro atoms. The molecule has 0 unspecified atom stereocenters. The molecule has 0 saturated heterocycles. The van der Waals surface area contributed by atoms with Gasteiger partial charge in [0.25, 0.3) is 0 Å². The van der Waals surface area contributed by atoms with Crippen LogP contribution in [0.5, 0.6) is 0 Å². The van der Waals surface area contributed by atoms with Crippen LogP contribution in [0, 0.1) is 12.8 Å². The summed E-state index contributed by atoms with van der Waals surface area (Å²) in [5.74, 6) is 0.747. The van der Waals surface area contributed by atoms with E-state index < -0.39 is 11.7 Å². The Morgan fingerprint density at radius 3 is 2.32 bits per heavy atom. The standard InChI is InChI=1S/C23H25F3N4O/c1-14(2)20(13-31)29-22-28-19(16-8-5-4-6-9-16)12-21(30-22)27-18-11-7-10-17(15(18)3)23(24,25)26/h4-12,14,20,31H,13H2,1-3H3,(H2,27,28,29,30)/t20-/m1/s1. The highest BCUT2D eigenvalue weighted by Crippen LogP contribution is 2.35. The Balaban J connectivity index is 2.03. The zero-order valence-electron chi connectivity index (χ0n) is 17.5. The van der Waals surface area contributed by atoms with E-state index in [9.17, 15) is 18.3 Å². The largest absolute Gasteiger partial charge is 0.416 e. The van der Waals surface area contributed by atoms with E-state index in [0.717, 1.165) is 11.6 Å². The van der Waals surface area contributed by atoms with Gasteiger partial charge >= 0.3 is 6.18 Å². The van der Waals surface area contributed by atoms with Crippen LogP contribution in [0.3, 0.4) is 0 Å². The first-order valence-corrected chi connectivity index (χ1v) is 9.94. The summed E-state index contributed by atoms with van der Waals surface area (Å²) in [4.78, 5) is 8.97. The van der Waals surface area contributed by atoms with Crippen molar-refractivity contribution >= 4 is 17.5 Å². The van der Waals surface area contributed by atoms with E-state index >= 15 is 0 Å². The molecule has 3 rings (SSSR count). The smallest absolute Gasteiger partial charge is 0.394 e. The summed E-state index contributed by atoms with van der Waals surface area (Å²) in [5, 5.41) is 15.8. The van der Waals surface area contributed by atoms with Crippen molar-refractivity contribution in [1.29, 1.82) is 0 Å². The van der Waals surface area contributed by atoms with Gasteiger partial charge in [0.15, 0.2) is 0 Å². The molecule has 1 heterocycles. The first kappa shape index (κ1) is 22.6. The molecule has 0 bridgehead atoms. The number of halogens is 3. The summed E-state index contributed by atoms with van der Waals surface area (Å²) < 4.78 is 39.9. The van der Waals surface area contributed by atoms with Crippen LogP contribution < -0.4 is 10.6 Å². The zero-order chi connectivity index (χ0) is 22.6. The third-order valence-electron chi connectivity index (χ3n) is 5.01. The number of nitrogens with zero attached hydrogens (tertiary/aromatic N) is 2. The SMILES string of the molecule is Cc1c(Nc2cc(-c3ccccc3)nc(N[C@H](CO)C(C)C)n2)cccc1C(F)(F)F. The van der Waals surface area contributed by atoms with Gasteiger partial charge in [0.1, 0.15) is 5.82 Å². The molecule has 31 heavy (non-hydrogen) atoms. The molecule has 1 atom stereocenters. The molecule has 0 aliphatic rings. The molecule has 3 N–H and O–H groups in total. The Morgan fingerprint density at radius 1 is 1.00 bits per heavy atom. The summed E-state index contributed by atoms with van der Waals surface area (Å²) in [7, 11) is 0. The van der Waals surface area contributed by atoms with Crippen molar-refractivity contribution in [1.82, 2.24) is 9.97 Å². The number of nitrogens with one attached hydrogen (secondary N) is 2. The van der Waals surface area contributed by atoms with Crippen molar-refractivity contribution in [3.63, 3.8) is 0 Å². The molecule has 2 aromatic carbocycles. The molecule has 0 saturated carbocycles. The Hall–Kier alpha value is -3.13. The van der Waals surface area contributed by atoms with Gasteiger partial charge < -0.3 is 15.7 Å². The number of anilines is 3. The molecule has 0 amide bonds. The second-order valence-electron chi connectivity index (χ2n) is 7.61. The highest BCUT2D eigenvalue weighted by molar-refractivity contribution is 5.69. The molecule has 3 aromatic rings. The predicted octanol–water partition coefficient (Wildman–Crippen LogP) is 5.64. The van der Waals surface area contributed by atoms with Crippen LogP contribution in [0.1, 0.15) is 25.0 Å². The summed E-state index contributed by atoms with van der Waals surface area (Å²) >= 11 is 0. The molecule has 5 nitrogen and oxygen atoms in total. The minimum Gasteiger partial charge on any atom is -0.394 e. The highest BCUT2D eigenvalue weighted by atomic mass is 19.4. The zero-order valence-corrected chi connectivity index (χ0v) is 17.5. The number of aromatic nitrogens is 2. The van der Waals surface area contributed by atoms with E-state index in [1.807, 2.05) is 44.2 Å². The van der Waals surface area contributed by atoms with Crippen molar-refractivity contribution < 1.29 is 18.3 Å². The number of benzene rings is 2. The average molecular weight is 430 g/mol. The molecule has 0 fully saturated rings. The number of alkyl halides is 3. The van der Waals surface area contributed by atoms with Gasteiger partial charge in [0.2, 0.25) is 5.95 Å². The lowest BCUT2D eigenvalue weighted by molar-refractivity contribution is -0.138. The highest BCUT2D eigenvalue weighted by Gasteiger charge is 2.33. The average Bonchev–Trinajstić information content (AvgIpc) is 2.73. The summed E-state index contributed by atoms with van der Waals surface area (Å²) in [6.45, 7) is 5.23. The monoisotopic (exact) mass is 430 g/mol. The Labute approximate surface area is 179 Å². The Morgan fingerprint density at radius 2 is 1.71 bits per heavy atom. The van der Waals surface area contributed by atoms with Gasteiger partial charge in [-0.2, -0.15) is 18.2 Å². The maximum Gasteiger partial charge on any atom is 0.416 e. The fourth-order valence-corrected chi connectivity index (χ4v) is 3.14. The van der Waals surface area contributed by atoms with Gasteiger partial charge in [0.05, 0.1) is 23.9 Å². The Bertz CT molecular complexity index is 1020. The molecule has 0 aliphatic carbocycles. The van der Waals surface area contributed by atoms with Crippen molar-refractivity contribution in [2.75, 3.05) is 17.2 Å². The summed E-state index contributed by atoms with van der Waals surface area (Å²) in [5.41, 5.74) is 1.13. The van der Waals surface area contributed by atoms with Crippen LogP contribution in [0.4, 0.5) is 30.6 Å². The van der Waals surface area contributed by atoms with Gasteiger partial charge in [-0.3, -0.25) is 0 Å². The number of hydrogen-bond donors (Lipinski definition) is 3. The molecular weight excluding hydrogens is 405 g/mol. The van der Waals surface area contributed by atoms with Crippen LogP contribution in [-0.4, -0.2) is 27.7 Å². The van der Waals surface area contributed by atoms with E-state index in [1.54, 1.807) is 12.1 Å². The quantitative estimate of drug-likeness (QED) is 0.452. The summed E-state index contributed by atoms with van der Waals surface area (Å²) in [6, 6.07) is 14.8. The van der Waals surface area contributed by atoms with Gasteiger partial charge in [0, 0.05) is 17.3 Å². The lowest BCUT2D eigenvalue weighted by Gasteiger charge is -2.21. The molecule has 1 aromatic heterocycles. The summed E-state index contributed by atoms with van der Waals surface area (Å²) in [6.07, 6.45) is -4.44. The maximum absolute atomic E-state index is 13.3. The predicted molar refractivity (Wildman–Crippen MR) is 116 cm³/mol. The molecular formula is C23H25F3N4O. The molecule has 0 aliphatic heterocycles. The lowest BCUT2D eigenvalue weighted by Crippen LogP contribution is -2.30. The number of aliphatic hydroxyl groups is 1. The third kappa shape index (κ3) is 5.52. The van der Waals surface area contributed by atoms with E-state index in [4.69, 9.17) is 0 Å². The lowest BCUT2D eigenvalue weighted by atomic mass is 10.1. The minimum absolute atomic E-state index is 0.0831. The van der Waals surface area contributed by atoms with E-state index in [1.165, 1.54) is 13.0 Å². The van der Waals surface area contributed by atoms with E-state index in [-0.39, 0.29) is 30.1 Å².